The number of aliphatic hydroxyl groups is 1. The van der Waals surface area contributed by atoms with Crippen LogP contribution in [0.2, 0.25) is 0 Å². The zero-order valence-corrected chi connectivity index (χ0v) is 8.07. The minimum absolute atomic E-state index is 0.224. The molecule has 0 aliphatic carbocycles. The molecule has 0 bridgehead atoms. The molecule has 0 unspecified atom stereocenters. The van der Waals surface area contributed by atoms with Gasteiger partial charge in [-0.3, -0.25) is 4.79 Å². The van der Waals surface area contributed by atoms with E-state index in [1.165, 1.54) is 0 Å². The molecule has 1 N–H and O–H groups in total. The van der Waals surface area contributed by atoms with E-state index in [2.05, 4.69) is 9.68 Å². The fourth-order valence-corrected chi connectivity index (χ4v) is 1.07. The predicted molar refractivity (Wildman–Crippen MR) is 45.5 cm³/mol. The summed E-state index contributed by atoms with van der Waals surface area (Å²) >= 11 is 0. The lowest BCUT2D eigenvalue weighted by Crippen LogP contribution is -2.40. The summed E-state index contributed by atoms with van der Waals surface area (Å²) in [6.07, 6.45) is -3.44. The van der Waals surface area contributed by atoms with Crippen molar-refractivity contribution in [2.24, 2.45) is 0 Å². The van der Waals surface area contributed by atoms with Crippen LogP contribution in [0.25, 0.3) is 0 Å². The lowest BCUT2D eigenvalue weighted by atomic mass is 10.3. The van der Waals surface area contributed by atoms with Crippen molar-refractivity contribution in [2.45, 2.75) is 6.18 Å². The number of hydrogen-bond donors (Lipinski definition) is 1. The molecule has 90 valence electrons. The van der Waals surface area contributed by atoms with Gasteiger partial charge in [-0.25, -0.2) is 0 Å². The maximum atomic E-state index is 12.1. The Balaban J connectivity index is 2.74. The van der Waals surface area contributed by atoms with Gasteiger partial charge in [-0.05, 0) is 0 Å². The monoisotopic (exact) mass is 238 g/mol. The van der Waals surface area contributed by atoms with Gasteiger partial charge < -0.3 is 14.5 Å². The van der Waals surface area contributed by atoms with Gasteiger partial charge in [0.2, 0.25) is 0 Å². The molecule has 0 aromatic carbocycles. The van der Waals surface area contributed by atoms with Gasteiger partial charge in [-0.15, -0.1) is 0 Å². The lowest BCUT2D eigenvalue weighted by Gasteiger charge is -2.21. The molecule has 0 saturated carbocycles. The number of carbonyl (C=O) groups is 1. The number of carbonyl (C=O) groups excluding carboxylic acids is 1. The molecule has 1 amide bonds. The van der Waals surface area contributed by atoms with Gasteiger partial charge in [-0.2, -0.15) is 13.2 Å². The van der Waals surface area contributed by atoms with E-state index in [1.54, 1.807) is 0 Å². The second-order valence-corrected chi connectivity index (χ2v) is 2.95. The minimum atomic E-state index is -4.52. The standard InChI is InChI=1S/C8H9F3N2O3/c9-8(10,11)5-13(2-3-14)7(15)6-1-4-16-12-6/h1,4,14H,2-3,5H2. The minimum Gasteiger partial charge on any atom is -0.395 e. The average Bonchev–Trinajstić information content (AvgIpc) is 2.66. The third-order valence-corrected chi connectivity index (χ3v) is 1.68. The van der Waals surface area contributed by atoms with E-state index in [0.29, 0.717) is 4.90 Å². The Bertz CT molecular complexity index is 337. The maximum Gasteiger partial charge on any atom is 0.406 e. The molecule has 8 heteroatoms. The predicted octanol–water partition coefficient (Wildman–Crippen LogP) is 0.671. The number of hydrogen-bond acceptors (Lipinski definition) is 4. The molecule has 0 spiro atoms. The lowest BCUT2D eigenvalue weighted by molar-refractivity contribution is -0.141. The molecule has 0 fully saturated rings. The van der Waals surface area contributed by atoms with E-state index >= 15 is 0 Å². The Kier molecular flexibility index (Phi) is 3.88. The summed E-state index contributed by atoms with van der Waals surface area (Å²) in [6.45, 7) is -2.40. The Labute approximate surface area is 88.4 Å². The van der Waals surface area contributed by atoms with Gasteiger partial charge in [0.1, 0.15) is 12.8 Å². The summed E-state index contributed by atoms with van der Waals surface area (Å²) in [5.74, 6) is -0.930. The van der Waals surface area contributed by atoms with E-state index < -0.39 is 31.8 Å². The summed E-state index contributed by atoms with van der Waals surface area (Å²) in [5, 5.41) is 11.8. The third-order valence-electron chi connectivity index (χ3n) is 1.68. The largest absolute Gasteiger partial charge is 0.406 e. The summed E-state index contributed by atoms with van der Waals surface area (Å²) in [6, 6.07) is 1.16. The van der Waals surface area contributed by atoms with Crippen LogP contribution in [0.3, 0.4) is 0 Å². The maximum absolute atomic E-state index is 12.1. The first-order valence-electron chi connectivity index (χ1n) is 4.31. The molecule has 0 aliphatic rings. The Morgan fingerprint density at radius 1 is 1.56 bits per heavy atom. The number of nitrogens with zero attached hydrogens (tertiary/aromatic N) is 2. The number of rotatable bonds is 4. The van der Waals surface area contributed by atoms with E-state index in [-0.39, 0.29) is 5.69 Å². The van der Waals surface area contributed by atoms with E-state index in [1.807, 2.05) is 0 Å². The Morgan fingerprint density at radius 3 is 2.69 bits per heavy atom. The van der Waals surface area contributed by atoms with Crippen molar-refractivity contribution < 1.29 is 27.6 Å². The van der Waals surface area contributed by atoms with Gasteiger partial charge in [-0.1, -0.05) is 5.16 Å². The van der Waals surface area contributed by atoms with Crippen LogP contribution in [0.4, 0.5) is 13.2 Å². The van der Waals surface area contributed by atoms with Gasteiger partial charge in [0.05, 0.1) is 6.61 Å². The fourth-order valence-electron chi connectivity index (χ4n) is 1.07. The quantitative estimate of drug-likeness (QED) is 0.837. The van der Waals surface area contributed by atoms with Crippen LogP contribution in [0.1, 0.15) is 10.5 Å². The molecular weight excluding hydrogens is 229 g/mol. The van der Waals surface area contributed by atoms with Gasteiger partial charge >= 0.3 is 6.18 Å². The zero-order chi connectivity index (χ0) is 12.2. The van der Waals surface area contributed by atoms with E-state index in [9.17, 15) is 18.0 Å². The van der Waals surface area contributed by atoms with E-state index in [0.717, 1.165) is 12.3 Å². The molecule has 0 saturated heterocycles. The van der Waals surface area contributed by atoms with Crippen LogP contribution >= 0.6 is 0 Å². The normalized spacial score (nSPS) is 11.5. The highest BCUT2D eigenvalue weighted by atomic mass is 19.4. The summed E-state index contributed by atoms with van der Waals surface area (Å²) in [4.78, 5) is 11.9. The first-order chi connectivity index (χ1) is 7.44. The van der Waals surface area contributed by atoms with E-state index in [4.69, 9.17) is 5.11 Å². The van der Waals surface area contributed by atoms with Gasteiger partial charge in [0, 0.05) is 12.6 Å². The molecule has 0 radical (unpaired) electrons. The zero-order valence-electron chi connectivity index (χ0n) is 8.07. The van der Waals surface area contributed by atoms with Crippen molar-refractivity contribution in [3.8, 4) is 0 Å². The van der Waals surface area contributed by atoms with Crippen molar-refractivity contribution in [1.82, 2.24) is 10.1 Å². The molecule has 16 heavy (non-hydrogen) atoms. The summed E-state index contributed by atoms with van der Waals surface area (Å²) in [5.41, 5.74) is -0.224. The molecule has 1 heterocycles. The molecule has 1 aromatic rings. The molecule has 0 atom stereocenters. The van der Waals surface area contributed by atoms with Crippen LogP contribution in [0.15, 0.2) is 16.9 Å². The summed E-state index contributed by atoms with van der Waals surface area (Å²) < 4.78 is 40.7. The highest BCUT2D eigenvalue weighted by molar-refractivity contribution is 5.92. The highest BCUT2D eigenvalue weighted by Crippen LogP contribution is 2.17. The van der Waals surface area contributed by atoms with Gasteiger partial charge in [0.15, 0.2) is 5.69 Å². The SMILES string of the molecule is O=C(c1ccon1)N(CCO)CC(F)(F)F. The number of halogens is 3. The first-order valence-corrected chi connectivity index (χ1v) is 4.31. The van der Waals surface area contributed by atoms with Crippen LogP contribution in [-0.2, 0) is 0 Å². The highest BCUT2D eigenvalue weighted by Gasteiger charge is 2.33. The Morgan fingerprint density at radius 2 is 2.25 bits per heavy atom. The molecule has 1 rings (SSSR count). The smallest absolute Gasteiger partial charge is 0.395 e. The van der Waals surface area contributed by atoms with Crippen LogP contribution < -0.4 is 0 Å². The average molecular weight is 238 g/mol. The van der Waals surface area contributed by atoms with Crippen molar-refractivity contribution >= 4 is 5.91 Å². The summed E-state index contributed by atoms with van der Waals surface area (Å²) in [7, 11) is 0. The number of alkyl halides is 3. The topological polar surface area (TPSA) is 66.6 Å². The van der Waals surface area contributed by atoms with Crippen LogP contribution in [0.5, 0.6) is 0 Å². The van der Waals surface area contributed by atoms with Crippen LogP contribution in [-0.4, -0.2) is 46.9 Å². The Hall–Kier alpha value is -1.57. The fraction of sp³-hybridized carbons (Fsp3) is 0.500. The molecular formula is C8H9F3N2O3. The second-order valence-electron chi connectivity index (χ2n) is 2.95. The van der Waals surface area contributed by atoms with Crippen molar-refractivity contribution in [2.75, 3.05) is 19.7 Å². The van der Waals surface area contributed by atoms with Crippen LogP contribution in [0, 0.1) is 0 Å². The number of amides is 1. The molecule has 1 aromatic heterocycles. The van der Waals surface area contributed by atoms with Crippen molar-refractivity contribution in [3.05, 3.63) is 18.0 Å². The molecule has 0 aliphatic heterocycles. The van der Waals surface area contributed by atoms with Gasteiger partial charge in [0.25, 0.3) is 5.91 Å². The first kappa shape index (κ1) is 12.5. The van der Waals surface area contributed by atoms with Crippen molar-refractivity contribution in [3.63, 3.8) is 0 Å². The number of aliphatic hydroxyl groups excluding tert-OH is 1. The molecule has 5 nitrogen and oxygen atoms in total. The number of aromatic nitrogens is 1. The van der Waals surface area contributed by atoms with Crippen molar-refractivity contribution in [1.29, 1.82) is 0 Å². The third kappa shape index (κ3) is 3.54. The second kappa shape index (κ2) is 4.97.